The molecule has 0 heterocycles. The predicted octanol–water partition coefficient (Wildman–Crippen LogP) is 2.83. The van der Waals surface area contributed by atoms with Crippen molar-refractivity contribution in [3.63, 3.8) is 0 Å². The fourth-order valence-corrected chi connectivity index (χ4v) is 1.75. The van der Waals surface area contributed by atoms with E-state index in [-0.39, 0.29) is 6.04 Å². The minimum Gasteiger partial charge on any atom is -0.457 e. The van der Waals surface area contributed by atoms with Crippen molar-refractivity contribution in [2.75, 3.05) is 6.54 Å². The average molecular weight is 242 g/mol. The smallest absolute Gasteiger partial charge is 0.127 e. The van der Waals surface area contributed by atoms with Gasteiger partial charge in [-0.1, -0.05) is 30.3 Å². The summed E-state index contributed by atoms with van der Waals surface area (Å²) in [5.41, 5.74) is 12.6. The van der Waals surface area contributed by atoms with Crippen LogP contribution < -0.4 is 16.2 Å². The van der Waals surface area contributed by atoms with Crippen LogP contribution in [-0.2, 0) is 0 Å². The van der Waals surface area contributed by atoms with Gasteiger partial charge in [-0.05, 0) is 42.8 Å². The molecule has 2 aromatic rings. The molecule has 0 radical (unpaired) electrons. The first-order chi connectivity index (χ1) is 8.79. The topological polar surface area (TPSA) is 61.3 Å². The van der Waals surface area contributed by atoms with Crippen LogP contribution in [0.15, 0.2) is 54.6 Å². The maximum absolute atomic E-state index is 5.99. The van der Waals surface area contributed by atoms with Crippen LogP contribution in [0.4, 0.5) is 0 Å². The fourth-order valence-electron chi connectivity index (χ4n) is 1.75. The highest BCUT2D eigenvalue weighted by Gasteiger charge is 2.04. The van der Waals surface area contributed by atoms with E-state index in [1.165, 1.54) is 0 Å². The standard InChI is InChI=1S/C15H18N2O/c16-11-10-15(17)12-6-8-14(9-7-12)18-13-4-2-1-3-5-13/h1-9,15H,10-11,16-17H2. The Labute approximate surface area is 107 Å². The van der Waals surface area contributed by atoms with E-state index in [4.69, 9.17) is 16.2 Å². The molecule has 94 valence electrons. The van der Waals surface area contributed by atoms with Crippen molar-refractivity contribution in [1.29, 1.82) is 0 Å². The van der Waals surface area contributed by atoms with E-state index < -0.39 is 0 Å². The maximum Gasteiger partial charge on any atom is 0.127 e. The van der Waals surface area contributed by atoms with E-state index >= 15 is 0 Å². The Morgan fingerprint density at radius 3 is 2.11 bits per heavy atom. The van der Waals surface area contributed by atoms with Gasteiger partial charge >= 0.3 is 0 Å². The second kappa shape index (κ2) is 6.19. The molecule has 0 aliphatic heterocycles. The van der Waals surface area contributed by atoms with E-state index in [9.17, 15) is 0 Å². The molecule has 4 N–H and O–H groups in total. The van der Waals surface area contributed by atoms with Crippen molar-refractivity contribution < 1.29 is 4.74 Å². The maximum atomic E-state index is 5.99. The summed E-state index contributed by atoms with van der Waals surface area (Å²) in [6, 6.07) is 17.5. The van der Waals surface area contributed by atoms with Gasteiger partial charge < -0.3 is 16.2 Å². The van der Waals surface area contributed by atoms with Crippen LogP contribution in [0, 0.1) is 0 Å². The Morgan fingerprint density at radius 2 is 1.50 bits per heavy atom. The second-order valence-corrected chi connectivity index (χ2v) is 4.17. The Hall–Kier alpha value is -1.84. The molecule has 2 aromatic carbocycles. The van der Waals surface area contributed by atoms with Gasteiger partial charge in [0.05, 0.1) is 0 Å². The largest absolute Gasteiger partial charge is 0.457 e. The van der Waals surface area contributed by atoms with E-state index in [2.05, 4.69) is 0 Å². The molecule has 0 spiro atoms. The number of benzene rings is 2. The molecule has 0 aliphatic carbocycles. The predicted molar refractivity (Wildman–Crippen MR) is 73.6 cm³/mol. The summed E-state index contributed by atoms with van der Waals surface area (Å²) < 4.78 is 5.71. The van der Waals surface area contributed by atoms with Crippen molar-refractivity contribution >= 4 is 0 Å². The molecular weight excluding hydrogens is 224 g/mol. The van der Waals surface area contributed by atoms with Crippen molar-refractivity contribution in [1.82, 2.24) is 0 Å². The van der Waals surface area contributed by atoms with E-state index in [1.807, 2.05) is 54.6 Å². The molecule has 0 aromatic heterocycles. The van der Waals surface area contributed by atoms with Gasteiger partial charge in [0.25, 0.3) is 0 Å². The van der Waals surface area contributed by atoms with Crippen molar-refractivity contribution in [3.05, 3.63) is 60.2 Å². The van der Waals surface area contributed by atoms with Crippen LogP contribution in [0.3, 0.4) is 0 Å². The molecule has 1 unspecified atom stereocenters. The van der Waals surface area contributed by atoms with Gasteiger partial charge in [-0.2, -0.15) is 0 Å². The van der Waals surface area contributed by atoms with Crippen molar-refractivity contribution in [3.8, 4) is 11.5 Å². The van der Waals surface area contributed by atoms with Crippen LogP contribution >= 0.6 is 0 Å². The number of para-hydroxylation sites is 1. The van der Waals surface area contributed by atoms with Gasteiger partial charge in [-0.3, -0.25) is 0 Å². The first-order valence-electron chi connectivity index (χ1n) is 6.08. The molecule has 2 rings (SSSR count). The molecule has 3 heteroatoms. The Balaban J connectivity index is 2.04. The van der Waals surface area contributed by atoms with Gasteiger partial charge in [0, 0.05) is 6.04 Å². The molecule has 0 saturated heterocycles. The third kappa shape index (κ3) is 3.32. The lowest BCUT2D eigenvalue weighted by Crippen LogP contribution is -2.15. The lowest BCUT2D eigenvalue weighted by Gasteiger charge is -2.11. The number of ether oxygens (including phenoxy) is 1. The molecule has 3 nitrogen and oxygen atoms in total. The lowest BCUT2D eigenvalue weighted by atomic mass is 10.0. The summed E-state index contributed by atoms with van der Waals surface area (Å²) in [5, 5.41) is 0. The van der Waals surface area contributed by atoms with Crippen LogP contribution in [0.25, 0.3) is 0 Å². The first kappa shape index (κ1) is 12.6. The van der Waals surface area contributed by atoms with Crippen molar-refractivity contribution in [2.45, 2.75) is 12.5 Å². The average Bonchev–Trinajstić information content (AvgIpc) is 2.41. The number of hydrogen-bond acceptors (Lipinski definition) is 3. The van der Waals surface area contributed by atoms with Gasteiger partial charge in [0.2, 0.25) is 0 Å². The summed E-state index contributed by atoms with van der Waals surface area (Å²) in [6.07, 6.45) is 0.791. The highest BCUT2D eigenvalue weighted by atomic mass is 16.5. The quantitative estimate of drug-likeness (QED) is 0.847. The first-order valence-corrected chi connectivity index (χ1v) is 6.08. The second-order valence-electron chi connectivity index (χ2n) is 4.17. The van der Waals surface area contributed by atoms with E-state index in [0.29, 0.717) is 6.54 Å². The molecule has 0 fully saturated rings. The highest BCUT2D eigenvalue weighted by Crippen LogP contribution is 2.23. The molecule has 1 atom stereocenters. The third-order valence-electron chi connectivity index (χ3n) is 2.76. The van der Waals surface area contributed by atoms with Crippen LogP contribution in [0.2, 0.25) is 0 Å². The summed E-state index contributed by atoms with van der Waals surface area (Å²) in [5.74, 6) is 1.64. The highest BCUT2D eigenvalue weighted by molar-refractivity contribution is 5.33. The summed E-state index contributed by atoms with van der Waals surface area (Å²) in [7, 11) is 0. The Morgan fingerprint density at radius 1 is 0.889 bits per heavy atom. The molecule has 0 aliphatic rings. The van der Waals surface area contributed by atoms with Gasteiger partial charge in [0.1, 0.15) is 11.5 Å². The van der Waals surface area contributed by atoms with Crippen molar-refractivity contribution in [2.24, 2.45) is 11.5 Å². The lowest BCUT2D eigenvalue weighted by molar-refractivity contribution is 0.482. The molecule has 18 heavy (non-hydrogen) atoms. The number of nitrogens with two attached hydrogens (primary N) is 2. The summed E-state index contributed by atoms with van der Waals surface area (Å²) in [6.45, 7) is 0.601. The SMILES string of the molecule is NCCC(N)c1ccc(Oc2ccccc2)cc1. The Kier molecular flexibility index (Phi) is 4.34. The zero-order valence-corrected chi connectivity index (χ0v) is 10.3. The van der Waals surface area contributed by atoms with Crippen LogP contribution in [0.1, 0.15) is 18.0 Å². The fraction of sp³-hybridized carbons (Fsp3) is 0.200. The molecular formula is C15H18N2O. The third-order valence-corrected chi connectivity index (χ3v) is 2.76. The monoisotopic (exact) mass is 242 g/mol. The number of rotatable bonds is 5. The molecule has 0 saturated carbocycles. The van der Waals surface area contributed by atoms with E-state index in [0.717, 1.165) is 23.5 Å². The molecule has 0 bridgehead atoms. The van der Waals surface area contributed by atoms with Gasteiger partial charge in [0.15, 0.2) is 0 Å². The van der Waals surface area contributed by atoms with E-state index in [1.54, 1.807) is 0 Å². The minimum absolute atomic E-state index is 0.000718. The van der Waals surface area contributed by atoms with Gasteiger partial charge in [-0.15, -0.1) is 0 Å². The van der Waals surface area contributed by atoms with Crippen LogP contribution in [0.5, 0.6) is 11.5 Å². The van der Waals surface area contributed by atoms with Crippen LogP contribution in [-0.4, -0.2) is 6.54 Å². The van der Waals surface area contributed by atoms with Gasteiger partial charge in [-0.25, -0.2) is 0 Å². The zero-order valence-electron chi connectivity index (χ0n) is 10.3. The summed E-state index contributed by atoms with van der Waals surface area (Å²) in [4.78, 5) is 0. The molecule has 0 amide bonds. The zero-order chi connectivity index (χ0) is 12.8. The normalized spacial score (nSPS) is 12.1. The number of hydrogen-bond donors (Lipinski definition) is 2. The summed E-state index contributed by atoms with van der Waals surface area (Å²) >= 11 is 0. The minimum atomic E-state index is 0.000718. The Bertz CT molecular complexity index is 468.